The molecule has 3 heteroatoms. The first-order chi connectivity index (χ1) is 8.22. The van der Waals surface area contributed by atoms with Crippen molar-refractivity contribution in [2.45, 2.75) is 57.8 Å². The minimum Gasteiger partial charge on any atom is -0.330 e. The normalized spacial score (nSPS) is 19.8. The Labute approximate surface area is 109 Å². The van der Waals surface area contributed by atoms with E-state index in [-0.39, 0.29) is 0 Å². The number of rotatable bonds is 4. The van der Waals surface area contributed by atoms with Crippen molar-refractivity contribution in [2.24, 2.45) is 11.7 Å². The first-order valence-corrected chi connectivity index (χ1v) is 7.75. The molecule has 1 heterocycles. The molecule has 0 spiro atoms. The fraction of sp³-hybridized carbons (Fsp3) is 0.786. The summed E-state index contributed by atoms with van der Waals surface area (Å²) in [6, 6.07) is 0. The third-order valence-electron chi connectivity index (χ3n) is 3.94. The van der Waals surface area contributed by atoms with Crippen molar-refractivity contribution in [1.29, 1.82) is 0 Å². The Hall–Kier alpha value is -0.410. The second kappa shape index (κ2) is 5.96. The zero-order valence-electron chi connectivity index (χ0n) is 11.0. The van der Waals surface area contributed by atoms with Crippen molar-refractivity contribution in [1.82, 2.24) is 4.98 Å². The van der Waals surface area contributed by atoms with Gasteiger partial charge < -0.3 is 5.73 Å². The highest BCUT2D eigenvalue weighted by molar-refractivity contribution is 7.09. The average Bonchev–Trinajstić information content (AvgIpc) is 2.80. The minimum atomic E-state index is 0.442. The number of aromatic nitrogens is 1. The van der Waals surface area contributed by atoms with Crippen LogP contribution in [0.25, 0.3) is 0 Å². The van der Waals surface area contributed by atoms with Crippen molar-refractivity contribution in [3.05, 3.63) is 16.1 Å². The van der Waals surface area contributed by atoms with Gasteiger partial charge in [0.1, 0.15) is 0 Å². The third kappa shape index (κ3) is 3.08. The van der Waals surface area contributed by atoms with E-state index in [1.165, 1.54) is 42.8 Å². The van der Waals surface area contributed by atoms with Crippen LogP contribution >= 0.6 is 11.3 Å². The summed E-state index contributed by atoms with van der Waals surface area (Å²) in [6.45, 7) is 5.19. The molecule has 1 fully saturated rings. The van der Waals surface area contributed by atoms with Gasteiger partial charge in [-0.1, -0.05) is 33.1 Å². The molecule has 0 bridgehead atoms. The van der Waals surface area contributed by atoms with Gasteiger partial charge in [0.15, 0.2) is 0 Å². The molecule has 0 aliphatic heterocycles. The highest BCUT2D eigenvalue weighted by Crippen LogP contribution is 2.35. The van der Waals surface area contributed by atoms with Crippen LogP contribution in [0.1, 0.15) is 68.5 Å². The van der Waals surface area contributed by atoms with E-state index in [1.54, 1.807) is 0 Å². The zero-order chi connectivity index (χ0) is 12.3. The van der Waals surface area contributed by atoms with Gasteiger partial charge in [-0.3, -0.25) is 0 Å². The summed E-state index contributed by atoms with van der Waals surface area (Å²) in [5.41, 5.74) is 7.20. The monoisotopic (exact) mass is 252 g/mol. The Morgan fingerprint density at radius 2 is 2.06 bits per heavy atom. The summed E-state index contributed by atoms with van der Waals surface area (Å²) in [4.78, 5) is 4.86. The number of hydrogen-bond donors (Lipinski definition) is 1. The molecule has 2 N–H and O–H groups in total. The molecule has 17 heavy (non-hydrogen) atoms. The van der Waals surface area contributed by atoms with Crippen LogP contribution in [0.15, 0.2) is 5.38 Å². The van der Waals surface area contributed by atoms with Crippen molar-refractivity contribution >= 4 is 11.3 Å². The largest absolute Gasteiger partial charge is 0.330 e. The molecule has 2 rings (SSSR count). The van der Waals surface area contributed by atoms with Gasteiger partial charge in [0, 0.05) is 23.8 Å². The minimum absolute atomic E-state index is 0.442. The predicted molar refractivity (Wildman–Crippen MR) is 74.6 cm³/mol. The fourth-order valence-corrected chi connectivity index (χ4v) is 3.90. The van der Waals surface area contributed by atoms with Crippen LogP contribution in [-0.2, 0) is 0 Å². The van der Waals surface area contributed by atoms with E-state index in [1.807, 2.05) is 11.3 Å². The number of nitrogens with two attached hydrogens (primary N) is 1. The Morgan fingerprint density at radius 3 is 2.65 bits per heavy atom. The Morgan fingerprint density at radius 1 is 1.35 bits per heavy atom. The van der Waals surface area contributed by atoms with Gasteiger partial charge in [-0.15, -0.1) is 11.3 Å². The van der Waals surface area contributed by atoms with Crippen molar-refractivity contribution in [3.8, 4) is 0 Å². The van der Waals surface area contributed by atoms with E-state index in [4.69, 9.17) is 10.7 Å². The Bertz CT molecular complexity index is 340. The number of hydrogen-bond acceptors (Lipinski definition) is 3. The molecule has 1 aliphatic rings. The highest BCUT2D eigenvalue weighted by atomic mass is 32.1. The van der Waals surface area contributed by atoms with E-state index >= 15 is 0 Å². The van der Waals surface area contributed by atoms with Crippen LogP contribution in [0, 0.1) is 5.92 Å². The second-order valence-electron chi connectivity index (χ2n) is 5.53. The van der Waals surface area contributed by atoms with Gasteiger partial charge in [0.05, 0.1) is 10.7 Å². The van der Waals surface area contributed by atoms with E-state index in [2.05, 4.69) is 19.2 Å². The Kier molecular flexibility index (Phi) is 4.57. The lowest BCUT2D eigenvalue weighted by atomic mass is 9.87. The first-order valence-electron chi connectivity index (χ1n) is 6.87. The molecular weight excluding hydrogens is 228 g/mol. The number of nitrogens with zero attached hydrogens (tertiary/aromatic N) is 1. The molecule has 1 aromatic rings. The summed E-state index contributed by atoms with van der Waals surface area (Å²) in [5.74, 6) is 1.75. The molecule has 96 valence electrons. The van der Waals surface area contributed by atoms with Gasteiger partial charge in [-0.2, -0.15) is 0 Å². The van der Waals surface area contributed by atoms with E-state index in [9.17, 15) is 0 Å². The van der Waals surface area contributed by atoms with Crippen LogP contribution in [0.4, 0.5) is 0 Å². The van der Waals surface area contributed by atoms with Crippen molar-refractivity contribution < 1.29 is 0 Å². The predicted octanol–water partition coefficient (Wildman–Crippen LogP) is 3.89. The van der Waals surface area contributed by atoms with Crippen LogP contribution in [0.3, 0.4) is 0 Å². The zero-order valence-corrected chi connectivity index (χ0v) is 11.8. The van der Waals surface area contributed by atoms with Gasteiger partial charge in [0.2, 0.25) is 0 Å². The molecule has 0 amide bonds. The summed E-state index contributed by atoms with van der Waals surface area (Å²) in [6.07, 6.45) is 6.82. The third-order valence-corrected chi connectivity index (χ3v) is 4.93. The molecule has 1 aromatic heterocycles. The van der Waals surface area contributed by atoms with Crippen molar-refractivity contribution in [2.75, 3.05) is 6.54 Å². The summed E-state index contributed by atoms with van der Waals surface area (Å²) < 4.78 is 0. The molecule has 1 atom stereocenters. The van der Waals surface area contributed by atoms with Gasteiger partial charge in [0.25, 0.3) is 0 Å². The molecule has 0 radical (unpaired) electrons. The van der Waals surface area contributed by atoms with Crippen LogP contribution < -0.4 is 5.73 Å². The van der Waals surface area contributed by atoms with Crippen LogP contribution in [-0.4, -0.2) is 11.5 Å². The second-order valence-corrected chi connectivity index (χ2v) is 6.42. The highest BCUT2D eigenvalue weighted by Gasteiger charge is 2.22. The molecule has 0 aromatic carbocycles. The van der Waals surface area contributed by atoms with E-state index in [0.29, 0.717) is 11.8 Å². The lowest BCUT2D eigenvalue weighted by Gasteiger charge is -2.20. The maximum Gasteiger partial charge on any atom is 0.0974 e. The average molecular weight is 252 g/mol. The maximum absolute atomic E-state index is 5.86. The standard InChI is InChI=1S/C14H24N2S/c1-10(2)12(8-15)14-16-13(9-17-14)11-6-4-3-5-7-11/h9-12H,3-8,15H2,1-2H3. The van der Waals surface area contributed by atoms with E-state index in [0.717, 1.165) is 12.5 Å². The quantitative estimate of drug-likeness (QED) is 0.883. The van der Waals surface area contributed by atoms with Crippen LogP contribution in [0.2, 0.25) is 0 Å². The molecule has 2 nitrogen and oxygen atoms in total. The van der Waals surface area contributed by atoms with Gasteiger partial charge >= 0.3 is 0 Å². The lowest BCUT2D eigenvalue weighted by Crippen LogP contribution is -2.17. The van der Waals surface area contributed by atoms with Crippen molar-refractivity contribution in [3.63, 3.8) is 0 Å². The summed E-state index contributed by atoms with van der Waals surface area (Å²) >= 11 is 1.81. The molecular formula is C14H24N2S. The Balaban J connectivity index is 2.08. The molecule has 1 aliphatic carbocycles. The lowest BCUT2D eigenvalue weighted by molar-refractivity contribution is 0.435. The molecule has 0 saturated heterocycles. The van der Waals surface area contributed by atoms with Crippen LogP contribution in [0.5, 0.6) is 0 Å². The fourth-order valence-electron chi connectivity index (χ4n) is 2.72. The topological polar surface area (TPSA) is 38.9 Å². The van der Waals surface area contributed by atoms with Gasteiger partial charge in [-0.25, -0.2) is 4.98 Å². The molecule has 1 saturated carbocycles. The number of thiazole rings is 1. The summed E-state index contributed by atoms with van der Waals surface area (Å²) in [7, 11) is 0. The van der Waals surface area contributed by atoms with Gasteiger partial charge in [-0.05, 0) is 18.8 Å². The smallest absolute Gasteiger partial charge is 0.0974 e. The SMILES string of the molecule is CC(C)C(CN)c1nc(C2CCCCC2)cs1. The molecule has 1 unspecified atom stereocenters. The van der Waals surface area contributed by atoms with E-state index < -0.39 is 0 Å². The first kappa shape index (κ1) is 13.0. The maximum atomic E-state index is 5.86. The summed E-state index contributed by atoms with van der Waals surface area (Å²) in [5, 5.41) is 3.53.